The van der Waals surface area contributed by atoms with E-state index in [0.29, 0.717) is 11.1 Å². The smallest absolute Gasteiger partial charge is 0.0638 e. The highest BCUT2D eigenvalue weighted by Crippen LogP contribution is 2.26. The number of benzene rings is 1. The number of rotatable bonds is 6. The van der Waals surface area contributed by atoms with Crippen LogP contribution in [0.5, 0.6) is 0 Å². The molecule has 0 saturated carbocycles. The fourth-order valence-corrected chi connectivity index (χ4v) is 1.99. The van der Waals surface area contributed by atoms with E-state index < -0.39 is 0 Å². The van der Waals surface area contributed by atoms with E-state index in [-0.39, 0.29) is 0 Å². The lowest BCUT2D eigenvalue weighted by Crippen LogP contribution is -2.15. The van der Waals surface area contributed by atoms with E-state index in [9.17, 15) is 0 Å². The van der Waals surface area contributed by atoms with E-state index in [1.54, 1.807) is 6.07 Å². The van der Waals surface area contributed by atoms with Crippen molar-refractivity contribution in [1.29, 1.82) is 0 Å². The zero-order chi connectivity index (χ0) is 12.0. The second-order valence-corrected chi connectivity index (χ2v) is 5.01. The van der Waals surface area contributed by atoms with Crippen LogP contribution in [0.2, 0.25) is 10.0 Å². The van der Waals surface area contributed by atoms with Crippen molar-refractivity contribution in [2.45, 2.75) is 45.6 Å². The number of halogens is 2. The average molecular weight is 260 g/mol. The van der Waals surface area contributed by atoms with E-state index in [1.165, 1.54) is 19.3 Å². The summed E-state index contributed by atoms with van der Waals surface area (Å²) in [5.74, 6) is 0. The molecular formula is C13H19Cl2N. The molecule has 1 N–H and O–H groups in total. The Balaban J connectivity index is 2.48. The van der Waals surface area contributed by atoms with Crippen LogP contribution in [0, 0.1) is 0 Å². The predicted molar refractivity (Wildman–Crippen MR) is 73.7 cm³/mol. The van der Waals surface area contributed by atoms with Crippen LogP contribution in [0.1, 0.15) is 39.5 Å². The fraction of sp³-hybridized carbons (Fsp3) is 0.538. The maximum absolute atomic E-state index is 6.08. The molecule has 0 heterocycles. The SMILES string of the molecule is CCCCCC(C)Nc1cc(Cl)ccc1Cl. The zero-order valence-electron chi connectivity index (χ0n) is 9.89. The summed E-state index contributed by atoms with van der Waals surface area (Å²) >= 11 is 12.0. The third-order valence-electron chi connectivity index (χ3n) is 2.57. The highest BCUT2D eigenvalue weighted by molar-refractivity contribution is 6.35. The Bertz CT molecular complexity index is 326. The minimum Gasteiger partial charge on any atom is -0.381 e. The number of hydrogen-bond acceptors (Lipinski definition) is 1. The average Bonchev–Trinajstić information content (AvgIpc) is 2.24. The lowest BCUT2D eigenvalue weighted by atomic mass is 10.1. The summed E-state index contributed by atoms with van der Waals surface area (Å²) in [6, 6.07) is 5.93. The molecule has 1 aromatic carbocycles. The first kappa shape index (κ1) is 13.7. The fourth-order valence-electron chi connectivity index (χ4n) is 1.65. The van der Waals surface area contributed by atoms with Gasteiger partial charge in [-0.15, -0.1) is 0 Å². The molecule has 0 fully saturated rings. The second kappa shape index (κ2) is 7.03. The van der Waals surface area contributed by atoms with Gasteiger partial charge in [-0.05, 0) is 31.5 Å². The molecule has 0 radical (unpaired) electrons. The van der Waals surface area contributed by atoms with Gasteiger partial charge in [0, 0.05) is 11.1 Å². The Hall–Kier alpha value is -0.400. The summed E-state index contributed by atoms with van der Waals surface area (Å²) in [4.78, 5) is 0. The van der Waals surface area contributed by atoms with Crippen molar-refractivity contribution in [3.8, 4) is 0 Å². The molecule has 0 spiro atoms. The first-order valence-electron chi connectivity index (χ1n) is 5.85. The summed E-state index contributed by atoms with van der Waals surface area (Å²) in [7, 11) is 0. The van der Waals surface area contributed by atoms with Gasteiger partial charge in [-0.2, -0.15) is 0 Å². The van der Waals surface area contributed by atoms with Crippen molar-refractivity contribution >= 4 is 28.9 Å². The van der Waals surface area contributed by atoms with Crippen LogP contribution in [0.3, 0.4) is 0 Å². The van der Waals surface area contributed by atoms with Crippen molar-refractivity contribution in [3.63, 3.8) is 0 Å². The van der Waals surface area contributed by atoms with Gasteiger partial charge in [0.2, 0.25) is 0 Å². The summed E-state index contributed by atoms with van der Waals surface area (Å²) in [5.41, 5.74) is 0.929. The molecule has 90 valence electrons. The van der Waals surface area contributed by atoms with Gasteiger partial charge < -0.3 is 5.32 Å². The van der Waals surface area contributed by atoms with Crippen LogP contribution in [0.4, 0.5) is 5.69 Å². The lowest BCUT2D eigenvalue weighted by molar-refractivity contribution is 0.615. The Kier molecular flexibility index (Phi) is 6.00. The molecule has 1 atom stereocenters. The van der Waals surface area contributed by atoms with E-state index in [2.05, 4.69) is 19.2 Å². The molecule has 1 rings (SSSR count). The molecule has 0 aliphatic carbocycles. The van der Waals surface area contributed by atoms with Gasteiger partial charge in [-0.25, -0.2) is 0 Å². The molecule has 3 heteroatoms. The van der Waals surface area contributed by atoms with Crippen molar-refractivity contribution in [2.75, 3.05) is 5.32 Å². The number of nitrogens with one attached hydrogen (secondary N) is 1. The molecule has 1 aromatic rings. The maximum atomic E-state index is 6.08. The second-order valence-electron chi connectivity index (χ2n) is 4.17. The third kappa shape index (κ3) is 4.63. The van der Waals surface area contributed by atoms with E-state index >= 15 is 0 Å². The molecule has 0 saturated heterocycles. The molecule has 0 aliphatic heterocycles. The van der Waals surface area contributed by atoms with Crippen molar-refractivity contribution < 1.29 is 0 Å². The standard InChI is InChI=1S/C13H19Cl2N/c1-3-4-5-6-10(2)16-13-9-11(14)7-8-12(13)15/h7-10,16H,3-6H2,1-2H3. The minimum absolute atomic E-state index is 0.433. The maximum Gasteiger partial charge on any atom is 0.0638 e. The molecule has 1 nitrogen and oxygen atoms in total. The van der Waals surface area contributed by atoms with E-state index in [1.807, 2.05) is 12.1 Å². The lowest BCUT2D eigenvalue weighted by Gasteiger charge is -2.16. The van der Waals surface area contributed by atoms with Crippen LogP contribution in [-0.4, -0.2) is 6.04 Å². The van der Waals surface area contributed by atoms with Gasteiger partial charge >= 0.3 is 0 Å². The molecular weight excluding hydrogens is 241 g/mol. The van der Waals surface area contributed by atoms with Gasteiger partial charge in [-0.1, -0.05) is 49.4 Å². The van der Waals surface area contributed by atoms with Gasteiger partial charge in [0.15, 0.2) is 0 Å². The molecule has 1 unspecified atom stereocenters. The van der Waals surface area contributed by atoms with Gasteiger partial charge in [0.1, 0.15) is 0 Å². The van der Waals surface area contributed by atoms with Gasteiger partial charge in [-0.3, -0.25) is 0 Å². The summed E-state index contributed by atoms with van der Waals surface area (Å²) < 4.78 is 0. The molecule has 16 heavy (non-hydrogen) atoms. The van der Waals surface area contributed by atoms with Gasteiger partial charge in [0.05, 0.1) is 10.7 Å². The zero-order valence-corrected chi connectivity index (χ0v) is 11.4. The van der Waals surface area contributed by atoms with Crippen molar-refractivity contribution in [1.82, 2.24) is 0 Å². The largest absolute Gasteiger partial charge is 0.381 e. The first-order chi connectivity index (χ1) is 7.63. The van der Waals surface area contributed by atoms with Crippen LogP contribution >= 0.6 is 23.2 Å². The predicted octanol–water partition coefficient (Wildman–Crippen LogP) is 5.37. The summed E-state index contributed by atoms with van der Waals surface area (Å²) in [5, 5.41) is 4.84. The van der Waals surface area contributed by atoms with E-state index in [4.69, 9.17) is 23.2 Å². The number of hydrogen-bond donors (Lipinski definition) is 1. The van der Waals surface area contributed by atoms with Crippen LogP contribution in [0.15, 0.2) is 18.2 Å². The van der Waals surface area contributed by atoms with Crippen LogP contribution < -0.4 is 5.32 Å². The number of anilines is 1. The Morgan fingerprint density at radius 1 is 1.25 bits per heavy atom. The minimum atomic E-state index is 0.433. The molecule has 0 aliphatic rings. The normalized spacial score (nSPS) is 12.5. The van der Waals surface area contributed by atoms with Gasteiger partial charge in [0.25, 0.3) is 0 Å². The molecule has 0 bridgehead atoms. The Morgan fingerprint density at radius 2 is 2.00 bits per heavy atom. The summed E-state index contributed by atoms with van der Waals surface area (Å²) in [6.45, 7) is 4.39. The van der Waals surface area contributed by atoms with E-state index in [0.717, 1.165) is 17.1 Å². The topological polar surface area (TPSA) is 12.0 Å². The van der Waals surface area contributed by atoms with Crippen LogP contribution in [0.25, 0.3) is 0 Å². The first-order valence-corrected chi connectivity index (χ1v) is 6.60. The van der Waals surface area contributed by atoms with Crippen LogP contribution in [-0.2, 0) is 0 Å². The molecule has 0 amide bonds. The monoisotopic (exact) mass is 259 g/mol. The third-order valence-corrected chi connectivity index (χ3v) is 3.14. The number of unbranched alkanes of at least 4 members (excludes halogenated alkanes) is 2. The Labute approximate surface area is 108 Å². The summed E-state index contributed by atoms with van der Waals surface area (Å²) in [6.07, 6.45) is 4.96. The molecule has 0 aromatic heterocycles. The van der Waals surface area contributed by atoms with Crippen molar-refractivity contribution in [3.05, 3.63) is 28.2 Å². The quantitative estimate of drug-likeness (QED) is 0.677. The highest BCUT2D eigenvalue weighted by Gasteiger charge is 2.05. The highest BCUT2D eigenvalue weighted by atomic mass is 35.5. The Morgan fingerprint density at radius 3 is 2.69 bits per heavy atom. The van der Waals surface area contributed by atoms with Crippen molar-refractivity contribution in [2.24, 2.45) is 0 Å².